The number of rotatable bonds is 17. The Balaban J connectivity index is 1.32. The summed E-state index contributed by atoms with van der Waals surface area (Å²) in [7, 11) is 3.36. The van der Waals surface area contributed by atoms with E-state index >= 15 is 0 Å². The zero-order chi connectivity index (χ0) is 42.0. The van der Waals surface area contributed by atoms with Crippen molar-refractivity contribution >= 4 is 6.08 Å². The molecule has 8 N–H and O–H groups in total. The zero-order valence-corrected chi connectivity index (χ0v) is 34.7. The summed E-state index contributed by atoms with van der Waals surface area (Å²) < 4.78 is 26.9. The zero-order valence-electron chi connectivity index (χ0n) is 34.7. The number of hydrogen-bond acceptors (Lipinski definition) is 13. The van der Waals surface area contributed by atoms with E-state index in [1.807, 2.05) is 25.2 Å². The summed E-state index contributed by atoms with van der Waals surface area (Å²) in [6.45, 7) is 3.63. The Morgan fingerprint density at radius 1 is 1.00 bits per heavy atom. The smallest absolute Gasteiger partial charge is 0.161 e. The molecule has 0 amide bonds. The Kier molecular flexibility index (Phi) is 12.7. The van der Waals surface area contributed by atoms with Gasteiger partial charge >= 0.3 is 0 Å². The molecule has 3 heterocycles. The maximum absolute atomic E-state index is 11.2. The van der Waals surface area contributed by atoms with Crippen LogP contribution in [0.5, 0.6) is 28.7 Å². The van der Waals surface area contributed by atoms with Crippen LogP contribution in [0.4, 0.5) is 0 Å². The fourth-order valence-corrected chi connectivity index (χ4v) is 9.57. The van der Waals surface area contributed by atoms with Crippen LogP contribution in [-0.2, 0) is 36.8 Å². The Bertz CT molecular complexity index is 2330. The molecule has 0 bridgehead atoms. The van der Waals surface area contributed by atoms with Crippen molar-refractivity contribution < 1.29 is 44.5 Å². The van der Waals surface area contributed by atoms with Gasteiger partial charge in [0.15, 0.2) is 17.6 Å². The second kappa shape index (κ2) is 18.1. The monoisotopic (exact) mass is 822 g/mol. The van der Waals surface area contributed by atoms with Crippen molar-refractivity contribution in [1.29, 1.82) is 0 Å². The molecule has 13 heteroatoms. The Morgan fingerprint density at radius 3 is 2.65 bits per heavy atom. The quantitative estimate of drug-likeness (QED) is 0.0577. The van der Waals surface area contributed by atoms with E-state index < -0.39 is 23.9 Å². The summed E-state index contributed by atoms with van der Waals surface area (Å²) in [5, 5.41) is 64.5. The van der Waals surface area contributed by atoms with Gasteiger partial charge in [-0.3, -0.25) is 10.3 Å². The van der Waals surface area contributed by atoms with E-state index in [0.717, 1.165) is 61.7 Å². The molecule has 8 rings (SSSR count). The highest BCUT2D eigenvalue weighted by atomic mass is 16.6. The molecule has 0 saturated carbocycles. The van der Waals surface area contributed by atoms with Gasteiger partial charge in [-0.05, 0) is 133 Å². The minimum Gasteiger partial charge on any atom is -0.508 e. The fourth-order valence-electron chi connectivity index (χ4n) is 9.57. The first-order valence-corrected chi connectivity index (χ1v) is 21.2. The number of phenolic OH excluding ortho intramolecular Hbond substituents is 2. The number of nitrogens with one attached hydrogen (secondary N) is 3. The predicted octanol–water partition coefficient (Wildman–Crippen LogP) is 2.81. The molecule has 3 aliphatic heterocycles. The number of aryl methyl sites for hydroxylation is 1. The van der Waals surface area contributed by atoms with Crippen LogP contribution in [0.25, 0.3) is 17.2 Å². The highest BCUT2D eigenvalue weighted by Crippen LogP contribution is 2.57. The Hall–Kier alpha value is -4.73. The number of aromatic hydroxyl groups is 2. The molecular formula is C47H58N4O9. The van der Waals surface area contributed by atoms with Gasteiger partial charge in [0.25, 0.3) is 0 Å². The van der Waals surface area contributed by atoms with Crippen LogP contribution in [0.2, 0.25) is 0 Å². The lowest BCUT2D eigenvalue weighted by atomic mass is 9.70. The van der Waals surface area contributed by atoms with E-state index in [4.69, 9.17) is 18.9 Å². The summed E-state index contributed by atoms with van der Waals surface area (Å²) in [6, 6.07) is 15.8. The molecule has 4 aliphatic rings. The van der Waals surface area contributed by atoms with Gasteiger partial charge in [0.05, 0.1) is 38.5 Å². The van der Waals surface area contributed by atoms with Gasteiger partial charge < -0.3 is 55.1 Å². The lowest BCUT2D eigenvalue weighted by Crippen LogP contribution is -2.56. The molecule has 0 fully saturated rings. The molecule has 13 nitrogen and oxygen atoms in total. The van der Waals surface area contributed by atoms with Crippen LogP contribution in [0.15, 0.2) is 53.5 Å². The standard InChI is InChI=1S/C47H58N4O9/c1-27(54)22-49-25-50-24-47(58-26-48-2)21-39-38-18-31(16-28-6-11-40-29(15-28)12-13-51-40)37-20-33(55)7-9-35(37)42(38)45-36(10-8-34(23-53)59-45)44(39)60-46(47)32-17-30(5-4-14-52)43(56)41(19-32)57-3/h6-7,9,11-12,15,17,19-20,27,31,34,46,48-50,52-56H,4-5,8,10,13-14,16,18,21-26H2,1-3H3. The SMILES string of the molecule is CNCOC1(CNCNCC(C)O)Cc2c3c(c4c(c2OC1c1cc(CCCO)c(O)c(OC)c1)CCC(CO)O4)-c1ccc(O)cc1C(Cc1ccc2c(c1)=CCN=2)C3. The molecular weight excluding hydrogens is 765 g/mol. The maximum atomic E-state index is 11.2. The summed E-state index contributed by atoms with van der Waals surface area (Å²) in [5.74, 6) is 1.95. The average Bonchev–Trinajstić information content (AvgIpc) is 3.73. The first-order valence-electron chi connectivity index (χ1n) is 21.2. The highest BCUT2D eigenvalue weighted by Gasteiger charge is 2.50. The van der Waals surface area contributed by atoms with Crippen molar-refractivity contribution in [3.63, 3.8) is 0 Å². The first kappa shape index (κ1) is 42.0. The molecule has 5 atom stereocenters. The van der Waals surface area contributed by atoms with Crippen molar-refractivity contribution in [1.82, 2.24) is 16.0 Å². The molecule has 5 unspecified atom stereocenters. The van der Waals surface area contributed by atoms with E-state index in [0.29, 0.717) is 81.9 Å². The van der Waals surface area contributed by atoms with Gasteiger partial charge in [-0.2, -0.15) is 0 Å². The minimum atomic E-state index is -1.02. The lowest BCUT2D eigenvalue weighted by Gasteiger charge is -2.47. The van der Waals surface area contributed by atoms with Gasteiger partial charge in [0.1, 0.15) is 29.0 Å². The molecule has 0 radical (unpaired) electrons. The van der Waals surface area contributed by atoms with Gasteiger partial charge in [-0.1, -0.05) is 18.2 Å². The second-order valence-electron chi connectivity index (χ2n) is 16.6. The second-order valence-corrected chi connectivity index (χ2v) is 16.6. The summed E-state index contributed by atoms with van der Waals surface area (Å²) in [6.07, 6.45) is 4.44. The van der Waals surface area contributed by atoms with Crippen LogP contribution in [0.1, 0.15) is 70.7 Å². The fraction of sp³-hybridized carbons (Fsp3) is 0.468. The molecule has 4 aromatic carbocycles. The number of fused-ring (bicyclic) bond motifs is 9. The molecule has 320 valence electrons. The van der Waals surface area contributed by atoms with E-state index in [1.165, 1.54) is 12.7 Å². The van der Waals surface area contributed by atoms with Crippen LogP contribution < -0.4 is 40.7 Å². The summed E-state index contributed by atoms with van der Waals surface area (Å²) in [4.78, 5) is 4.60. The van der Waals surface area contributed by atoms with E-state index in [2.05, 4.69) is 45.2 Å². The van der Waals surface area contributed by atoms with Gasteiger partial charge in [0.2, 0.25) is 0 Å². The van der Waals surface area contributed by atoms with Gasteiger partial charge in [-0.25, -0.2) is 0 Å². The van der Waals surface area contributed by atoms with Gasteiger partial charge in [-0.15, -0.1) is 0 Å². The number of hydrogen-bond donors (Lipinski definition) is 8. The third-order valence-electron chi connectivity index (χ3n) is 12.4. The largest absolute Gasteiger partial charge is 0.508 e. The van der Waals surface area contributed by atoms with Crippen LogP contribution in [-0.4, -0.2) is 104 Å². The lowest BCUT2D eigenvalue weighted by molar-refractivity contribution is -0.129. The molecule has 60 heavy (non-hydrogen) atoms. The minimum absolute atomic E-state index is 0.000962. The number of nitrogens with zero attached hydrogens (tertiary/aromatic N) is 1. The van der Waals surface area contributed by atoms with Crippen LogP contribution in [0.3, 0.4) is 0 Å². The van der Waals surface area contributed by atoms with Crippen molar-refractivity contribution in [2.24, 2.45) is 4.99 Å². The molecule has 1 aliphatic carbocycles. The van der Waals surface area contributed by atoms with Crippen molar-refractivity contribution in [2.45, 2.75) is 81.7 Å². The highest BCUT2D eigenvalue weighted by molar-refractivity contribution is 5.85. The summed E-state index contributed by atoms with van der Waals surface area (Å²) in [5.41, 5.74) is 7.56. The van der Waals surface area contributed by atoms with Crippen molar-refractivity contribution in [3.8, 4) is 39.9 Å². The number of aliphatic hydroxyl groups is 3. The van der Waals surface area contributed by atoms with E-state index in [9.17, 15) is 25.5 Å². The average molecular weight is 823 g/mol. The number of aliphatic hydroxyl groups excluding tert-OH is 3. The van der Waals surface area contributed by atoms with Crippen molar-refractivity contribution in [2.75, 3.05) is 60.4 Å². The molecule has 0 saturated heterocycles. The van der Waals surface area contributed by atoms with E-state index in [-0.39, 0.29) is 37.4 Å². The third kappa shape index (κ3) is 8.19. The topological polar surface area (TPSA) is 187 Å². The van der Waals surface area contributed by atoms with Crippen LogP contribution in [0, 0.1) is 0 Å². The molecule has 0 aromatic heterocycles. The summed E-state index contributed by atoms with van der Waals surface area (Å²) >= 11 is 0. The molecule has 0 spiro atoms. The third-order valence-corrected chi connectivity index (χ3v) is 12.4. The first-order chi connectivity index (χ1) is 29.2. The normalized spacial score (nSPS) is 21.5. The number of ether oxygens (including phenoxy) is 4. The number of methoxy groups -OCH3 is 1. The Labute approximate surface area is 350 Å². The predicted molar refractivity (Wildman–Crippen MR) is 228 cm³/mol. The maximum Gasteiger partial charge on any atom is 0.161 e. The van der Waals surface area contributed by atoms with E-state index in [1.54, 1.807) is 19.1 Å². The molecule has 4 aromatic rings. The van der Waals surface area contributed by atoms with Crippen molar-refractivity contribution in [3.05, 3.63) is 98.1 Å². The number of phenols is 2. The van der Waals surface area contributed by atoms with Crippen LogP contribution >= 0.6 is 0 Å². The number of benzene rings is 4. The van der Waals surface area contributed by atoms with Gasteiger partial charge in [0, 0.05) is 49.5 Å². The Morgan fingerprint density at radius 2 is 1.87 bits per heavy atom.